The molecule has 0 spiro atoms. The predicted molar refractivity (Wildman–Crippen MR) is 146 cm³/mol. The number of ketones is 1. The van der Waals surface area contributed by atoms with Gasteiger partial charge in [-0.3, -0.25) is 28.8 Å². The molecule has 0 saturated carbocycles. The van der Waals surface area contributed by atoms with Crippen LogP contribution in [-0.4, -0.2) is 63.0 Å². The normalized spacial score (nSPS) is 11.5. The number of rotatable bonds is 14. The van der Waals surface area contributed by atoms with Crippen molar-refractivity contribution < 1.29 is 28.4 Å². The van der Waals surface area contributed by atoms with Gasteiger partial charge in [0.1, 0.15) is 24.5 Å². The molecule has 1 atom stereocenters. The van der Waals surface area contributed by atoms with E-state index < -0.39 is 35.1 Å². The molecule has 214 valence electrons. The van der Waals surface area contributed by atoms with Gasteiger partial charge in [0.15, 0.2) is 5.69 Å². The van der Waals surface area contributed by atoms with E-state index in [0.717, 1.165) is 10.8 Å². The first kappa shape index (κ1) is 31.4. The number of hydrogen-bond donors (Lipinski definition) is 3. The maximum Gasteiger partial charge on any atom is 0.274 e. The zero-order valence-corrected chi connectivity index (χ0v) is 23.0. The van der Waals surface area contributed by atoms with E-state index in [1.54, 1.807) is 17.9 Å². The number of likely N-dealkylation sites (N-methyl/N-ethyl adjacent to an activating group) is 1. The summed E-state index contributed by atoms with van der Waals surface area (Å²) in [6.45, 7) is 10.9. The maximum absolute atomic E-state index is 13.2. The van der Waals surface area contributed by atoms with Gasteiger partial charge in [0, 0.05) is 31.9 Å². The second kappa shape index (κ2) is 15.0. The Morgan fingerprint density at radius 3 is 2.48 bits per heavy atom. The van der Waals surface area contributed by atoms with E-state index in [-0.39, 0.29) is 42.6 Å². The first-order valence-electron chi connectivity index (χ1n) is 12.6. The Labute approximate surface area is 231 Å². The number of Topliss-reactive ketones (excluding diaryl/α,β-unsaturated/α-hetero) is 1. The van der Waals surface area contributed by atoms with Crippen molar-refractivity contribution in [1.29, 1.82) is 0 Å². The van der Waals surface area contributed by atoms with Crippen LogP contribution in [0.1, 0.15) is 61.7 Å². The predicted octanol–water partition coefficient (Wildman–Crippen LogP) is 1.63. The summed E-state index contributed by atoms with van der Waals surface area (Å²) in [7, 11) is 0. The molecule has 2 aromatic rings. The molecule has 0 aliphatic carbocycles. The lowest BCUT2D eigenvalue weighted by molar-refractivity contribution is -0.125. The van der Waals surface area contributed by atoms with Crippen molar-refractivity contribution in [3.05, 3.63) is 71.0 Å². The fourth-order valence-corrected chi connectivity index (χ4v) is 3.54. The third-order valence-electron chi connectivity index (χ3n) is 5.56. The van der Waals surface area contributed by atoms with Crippen LogP contribution < -0.4 is 21.5 Å². The molecule has 0 radical (unpaired) electrons. The molecule has 0 bridgehead atoms. The van der Waals surface area contributed by atoms with Crippen molar-refractivity contribution in [2.45, 2.75) is 53.1 Å². The number of nitrogens with zero attached hydrogens (tertiary/aromatic N) is 3. The zero-order chi connectivity index (χ0) is 29.8. The summed E-state index contributed by atoms with van der Waals surface area (Å²) in [5.41, 5.74) is -0.537. The number of nitrogens with one attached hydrogen (secondary N) is 3. The fraction of sp³-hybridized carbons (Fsp3) is 0.370. The third kappa shape index (κ3) is 9.19. The molecule has 13 nitrogen and oxygen atoms in total. The monoisotopic (exact) mass is 554 g/mol. The summed E-state index contributed by atoms with van der Waals surface area (Å²) in [5.74, 6) is -2.88. The Hall–Kier alpha value is -4.81. The summed E-state index contributed by atoms with van der Waals surface area (Å²) in [6.07, 6.45) is 5.68. The van der Waals surface area contributed by atoms with Gasteiger partial charge < -0.3 is 29.8 Å². The van der Waals surface area contributed by atoms with Gasteiger partial charge in [0.05, 0.1) is 0 Å². The summed E-state index contributed by atoms with van der Waals surface area (Å²) < 4.78 is 6.09. The van der Waals surface area contributed by atoms with Gasteiger partial charge in [-0.15, -0.1) is 0 Å². The highest BCUT2D eigenvalue weighted by Gasteiger charge is 2.24. The molecule has 40 heavy (non-hydrogen) atoms. The lowest BCUT2D eigenvalue weighted by Gasteiger charge is -2.18. The molecular formula is C27H34N6O7. The Morgan fingerprint density at radius 2 is 1.88 bits per heavy atom. The number of amides is 4. The number of oxazole rings is 1. The highest BCUT2D eigenvalue weighted by Crippen LogP contribution is 2.08. The molecule has 3 N–H and O–H groups in total. The van der Waals surface area contributed by atoms with Crippen molar-refractivity contribution in [2.75, 3.05) is 18.4 Å². The maximum atomic E-state index is 13.2. The molecule has 0 fully saturated rings. The van der Waals surface area contributed by atoms with E-state index in [4.69, 9.17) is 4.42 Å². The van der Waals surface area contributed by atoms with Crippen LogP contribution >= 0.6 is 0 Å². The number of anilines is 1. The Morgan fingerprint density at radius 1 is 1.18 bits per heavy atom. The highest BCUT2D eigenvalue weighted by molar-refractivity contribution is 6.01. The number of hydrogen-bond acceptors (Lipinski definition) is 8. The van der Waals surface area contributed by atoms with E-state index >= 15 is 0 Å². The van der Waals surface area contributed by atoms with E-state index in [2.05, 4.69) is 27.5 Å². The SMILES string of the molecule is C=C(C)NC(=O)Cn1cccc(NC(=O)[C@H](CC/C=C/C(=O)N(CC)CC)NC(=O)c2coc(C(C)=O)n2)c1=O. The summed E-state index contributed by atoms with van der Waals surface area (Å²) in [5, 5.41) is 7.53. The first-order valence-corrected chi connectivity index (χ1v) is 12.6. The largest absolute Gasteiger partial charge is 0.441 e. The average molecular weight is 555 g/mol. The van der Waals surface area contributed by atoms with Gasteiger partial charge in [0.2, 0.25) is 23.5 Å². The van der Waals surface area contributed by atoms with Crippen LogP contribution in [0.4, 0.5) is 5.69 Å². The lowest BCUT2D eigenvalue weighted by Crippen LogP contribution is -2.44. The number of allylic oxidation sites excluding steroid dienone is 2. The minimum absolute atomic E-state index is 0.0685. The molecule has 0 aromatic carbocycles. The van der Waals surface area contributed by atoms with Crippen LogP contribution in [0.25, 0.3) is 0 Å². The molecule has 2 aromatic heterocycles. The standard InChI is InChI=1S/C27H34N6O7/c1-6-32(7-2)23(36)13-9-8-11-19(29-25(38)21-16-40-26(31-21)18(5)34)24(37)30-20-12-10-14-33(27(20)39)15-22(35)28-17(3)4/h9-10,12-14,16,19H,3,6-8,11,15H2,1-2,4-5H3,(H,28,35)(H,29,38)(H,30,37)/b13-9+/t19-/m0/s1. The minimum Gasteiger partial charge on any atom is -0.441 e. The molecule has 0 unspecified atom stereocenters. The molecule has 0 aliphatic heterocycles. The molecule has 2 rings (SSSR count). The van der Waals surface area contributed by atoms with E-state index in [9.17, 15) is 28.8 Å². The average Bonchev–Trinajstić information content (AvgIpc) is 3.39. The van der Waals surface area contributed by atoms with Crippen LogP contribution in [-0.2, 0) is 20.9 Å². The smallest absolute Gasteiger partial charge is 0.274 e. The Kier molecular flexibility index (Phi) is 11.7. The van der Waals surface area contributed by atoms with Gasteiger partial charge in [-0.25, -0.2) is 4.98 Å². The van der Waals surface area contributed by atoms with Gasteiger partial charge >= 0.3 is 0 Å². The number of carbonyl (C=O) groups is 5. The number of pyridine rings is 1. The number of carbonyl (C=O) groups excluding carboxylic acids is 5. The zero-order valence-electron chi connectivity index (χ0n) is 23.0. The van der Waals surface area contributed by atoms with Gasteiger partial charge in [-0.05, 0) is 51.8 Å². The summed E-state index contributed by atoms with van der Waals surface area (Å²) in [4.78, 5) is 80.0. The molecule has 4 amide bonds. The van der Waals surface area contributed by atoms with Crippen molar-refractivity contribution in [3.63, 3.8) is 0 Å². The molecular weight excluding hydrogens is 520 g/mol. The topological polar surface area (TPSA) is 173 Å². The second-order valence-corrected chi connectivity index (χ2v) is 8.78. The van der Waals surface area contributed by atoms with E-state index in [1.807, 2.05) is 13.8 Å². The van der Waals surface area contributed by atoms with E-state index in [1.165, 1.54) is 31.3 Å². The fourth-order valence-electron chi connectivity index (χ4n) is 3.54. The van der Waals surface area contributed by atoms with Crippen LogP contribution in [0.3, 0.4) is 0 Å². The molecule has 2 heterocycles. The van der Waals surface area contributed by atoms with Crippen molar-refractivity contribution in [1.82, 2.24) is 25.1 Å². The van der Waals surface area contributed by atoms with Crippen molar-refractivity contribution in [3.8, 4) is 0 Å². The van der Waals surface area contributed by atoms with Gasteiger partial charge in [0.25, 0.3) is 17.4 Å². The van der Waals surface area contributed by atoms with Crippen LogP contribution in [0.15, 0.2) is 58.2 Å². The van der Waals surface area contributed by atoms with Crippen LogP contribution in [0.2, 0.25) is 0 Å². The van der Waals surface area contributed by atoms with Gasteiger partial charge in [-0.1, -0.05) is 12.7 Å². The second-order valence-electron chi connectivity index (χ2n) is 8.78. The lowest BCUT2D eigenvalue weighted by atomic mass is 10.1. The van der Waals surface area contributed by atoms with Crippen molar-refractivity contribution in [2.24, 2.45) is 0 Å². The highest BCUT2D eigenvalue weighted by atomic mass is 16.3. The van der Waals surface area contributed by atoms with Crippen LogP contribution in [0, 0.1) is 0 Å². The molecule has 0 aliphatic rings. The Balaban J connectivity index is 2.22. The van der Waals surface area contributed by atoms with E-state index in [0.29, 0.717) is 18.8 Å². The quantitative estimate of drug-likeness (QED) is 0.233. The van der Waals surface area contributed by atoms with Gasteiger partial charge in [-0.2, -0.15) is 0 Å². The Bertz CT molecular complexity index is 1350. The first-order chi connectivity index (χ1) is 19.0. The van der Waals surface area contributed by atoms with Crippen molar-refractivity contribution >= 4 is 35.1 Å². The minimum atomic E-state index is -1.15. The molecule has 0 saturated heterocycles. The summed E-state index contributed by atoms with van der Waals surface area (Å²) >= 11 is 0. The third-order valence-corrected chi connectivity index (χ3v) is 5.56. The number of aromatic nitrogens is 2. The van der Waals surface area contributed by atoms with Crippen LogP contribution in [0.5, 0.6) is 0 Å². The summed E-state index contributed by atoms with van der Waals surface area (Å²) in [6, 6.07) is 1.70. The molecule has 13 heteroatoms.